The Morgan fingerprint density at radius 1 is 1.29 bits per heavy atom. The van der Waals surface area contributed by atoms with Crippen molar-refractivity contribution in [2.75, 3.05) is 18.6 Å². The summed E-state index contributed by atoms with van der Waals surface area (Å²) < 4.78 is 4.58. The SMILES string of the molecule is CCN(C(=O)C(C)C(=O)OC)c1ccccc1. The van der Waals surface area contributed by atoms with E-state index >= 15 is 0 Å². The van der Waals surface area contributed by atoms with Crippen molar-refractivity contribution in [2.45, 2.75) is 13.8 Å². The molecule has 0 N–H and O–H groups in total. The molecule has 0 radical (unpaired) electrons. The summed E-state index contributed by atoms with van der Waals surface area (Å²) in [6.07, 6.45) is 0. The van der Waals surface area contributed by atoms with Gasteiger partial charge in [0.25, 0.3) is 0 Å². The second-order valence-electron chi connectivity index (χ2n) is 3.66. The highest BCUT2D eigenvalue weighted by Crippen LogP contribution is 2.16. The van der Waals surface area contributed by atoms with E-state index in [4.69, 9.17) is 0 Å². The summed E-state index contributed by atoms with van der Waals surface area (Å²) in [5.74, 6) is -1.53. The molecule has 4 heteroatoms. The highest BCUT2D eigenvalue weighted by atomic mass is 16.5. The van der Waals surface area contributed by atoms with Gasteiger partial charge in [0.2, 0.25) is 5.91 Å². The zero-order valence-electron chi connectivity index (χ0n) is 10.3. The van der Waals surface area contributed by atoms with Gasteiger partial charge in [-0.2, -0.15) is 0 Å². The van der Waals surface area contributed by atoms with Crippen LogP contribution in [0.15, 0.2) is 30.3 Å². The average molecular weight is 235 g/mol. The number of nitrogens with zero attached hydrogens (tertiary/aromatic N) is 1. The third-order valence-electron chi connectivity index (χ3n) is 2.58. The van der Waals surface area contributed by atoms with Gasteiger partial charge in [0.15, 0.2) is 0 Å². The van der Waals surface area contributed by atoms with Crippen LogP contribution in [-0.4, -0.2) is 25.5 Å². The molecule has 0 aromatic heterocycles. The highest BCUT2D eigenvalue weighted by molar-refractivity contribution is 6.05. The summed E-state index contributed by atoms with van der Waals surface area (Å²) in [7, 11) is 1.28. The van der Waals surface area contributed by atoms with Crippen molar-refractivity contribution < 1.29 is 14.3 Å². The molecule has 0 aliphatic heterocycles. The number of benzene rings is 1. The summed E-state index contributed by atoms with van der Waals surface area (Å²) in [5, 5.41) is 0. The van der Waals surface area contributed by atoms with Crippen LogP contribution in [0, 0.1) is 5.92 Å². The van der Waals surface area contributed by atoms with Crippen LogP contribution in [0.25, 0.3) is 0 Å². The van der Waals surface area contributed by atoms with E-state index in [1.807, 2.05) is 37.3 Å². The molecule has 4 nitrogen and oxygen atoms in total. The molecule has 1 aromatic carbocycles. The maximum atomic E-state index is 12.1. The predicted octanol–water partition coefficient (Wildman–Crippen LogP) is 1.85. The Balaban J connectivity index is 2.89. The van der Waals surface area contributed by atoms with Crippen molar-refractivity contribution >= 4 is 17.6 Å². The standard InChI is InChI=1S/C13H17NO3/c1-4-14(11-8-6-5-7-9-11)12(15)10(2)13(16)17-3/h5-10H,4H2,1-3H3. The lowest BCUT2D eigenvalue weighted by atomic mass is 10.1. The maximum Gasteiger partial charge on any atom is 0.317 e. The molecule has 0 saturated heterocycles. The van der Waals surface area contributed by atoms with Crippen LogP contribution < -0.4 is 4.90 Å². The Kier molecular flexibility index (Phi) is 4.69. The van der Waals surface area contributed by atoms with Crippen LogP contribution in [-0.2, 0) is 14.3 Å². The number of methoxy groups -OCH3 is 1. The molecule has 1 amide bonds. The van der Waals surface area contributed by atoms with E-state index in [9.17, 15) is 9.59 Å². The Hall–Kier alpha value is -1.84. The van der Waals surface area contributed by atoms with Crippen LogP contribution in [0.1, 0.15) is 13.8 Å². The third kappa shape index (κ3) is 3.06. The first-order chi connectivity index (χ1) is 8.11. The van der Waals surface area contributed by atoms with Crippen LogP contribution in [0.3, 0.4) is 0 Å². The van der Waals surface area contributed by atoms with Crippen molar-refractivity contribution in [1.82, 2.24) is 0 Å². The fourth-order valence-electron chi connectivity index (χ4n) is 1.58. The summed E-state index contributed by atoms with van der Waals surface area (Å²) >= 11 is 0. The van der Waals surface area contributed by atoms with E-state index in [2.05, 4.69) is 4.74 Å². The zero-order valence-corrected chi connectivity index (χ0v) is 10.3. The molecule has 0 fully saturated rings. The van der Waals surface area contributed by atoms with E-state index in [-0.39, 0.29) is 5.91 Å². The first-order valence-corrected chi connectivity index (χ1v) is 5.56. The quantitative estimate of drug-likeness (QED) is 0.591. The number of anilines is 1. The number of amides is 1. The van der Waals surface area contributed by atoms with Crippen LogP contribution in [0.2, 0.25) is 0 Å². The number of para-hydroxylation sites is 1. The third-order valence-corrected chi connectivity index (χ3v) is 2.58. The lowest BCUT2D eigenvalue weighted by Gasteiger charge is -2.23. The Bertz CT molecular complexity index is 389. The highest BCUT2D eigenvalue weighted by Gasteiger charge is 2.27. The number of carbonyl (C=O) groups excluding carboxylic acids is 2. The first kappa shape index (κ1) is 13.2. The number of esters is 1. The fourth-order valence-corrected chi connectivity index (χ4v) is 1.58. The van der Waals surface area contributed by atoms with E-state index < -0.39 is 11.9 Å². The van der Waals surface area contributed by atoms with Gasteiger partial charge in [0, 0.05) is 12.2 Å². The van der Waals surface area contributed by atoms with Gasteiger partial charge in [-0.1, -0.05) is 18.2 Å². The van der Waals surface area contributed by atoms with Gasteiger partial charge in [0.1, 0.15) is 5.92 Å². The molecule has 17 heavy (non-hydrogen) atoms. The van der Waals surface area contributed by atoms with Crippen molar-refractivity contribution in [1.29, 1.82) is 0 Å². The minimum atomic E-state index is -0.778. The van der Waals surface area contributed by atoms with E-state index in [1.165, 1.54) is 7.11 Å². The van der Waals surface area contributed by atoms with Crippen molar-refractivity contribution in [3.05, 3.63) is 30.3 Å². The van der Waals surface area contributed by atoms with E-state index in [0.29, 0.717) is 6.54 Å². The van der Waals surface area contributed by atoms with Gasteiger partial charge < -0.3 is 9.64 Å². The molecule has 1 aromatic rings. The molecule has 92 valence electrons. The van der Waals surface area contributed by atoms with Crippen LogP contribution in [0.5, 0.6) is 0 Å². The van der Waals surface area contributed by atoms with Gasteiger partial charge >= 0.3 is 5.97 Å². The molecular formula is C13H17NO3. The molecule has 0 bridgehead atoms. The number of carbonyl (C=O) groups is 2. The average Bonchev–Trinajstić information content (AvgIpc) is 2.38. The topological polar surface area (TPSA) is 46.6 Å². The predicted molar refractivity (Wildman–Crippen MR) is 65.6 cm³/mol. The number of ether oxygens (including phenoxy) is 1. The normalized spacial score (nSPS) is 11.7. The number of hydrogen-bond donors (Lipinski definition) is 0. The maximum absolute atomic E-state index is 12.1. The van der Waals surface area contributed by atoms with Gasteiger partial charge in [0.05, 0.1) is 7.11 Å². The summed E-state index contributed by atoms with van der Waals surface area (Å²) in [6.45, 7) is 3.94. The summed E-state index contributed by atoms with van der Waals surface area (Å²) in [5.41, 5.74) is 0.788. The van der Waals surface area contributed by atoms with Crippen molar-refractivity contribution in [3.8, 4) is 0 Å². The molecule has 0 aliphatic rings. The summed E-state index contributed by atoms with van der Waals surface area (Å²) in [4.78, 5) is 25.0. The largest absolute Gasteiger partial charge is 0.468 e. The van der Waals surface area contributed by atoms with E-state index in [1.54, 1.807) is 11.8 Å². The minimum Gasteiger partial charge on any atom is -0.468 e. The van der Waals surface area contributed by atoms with Crippen LogP contribution in [0.4, 0.5) is 5.69 Å². The van der Waals surface area contributed by atoms with Crippen molar-refractivity contribution in [3.63, 3.8) is 0 Å². The first-order valence-electron chi connectivity index (χ1n) is 5.56. The molecule has 1 atom stereocenters. The lowest BCUT2D eigenvalue weighted by molar-refractivity contribution is -0.148. The molecule has 1 unspecified atom stereocenters. The van der Waals surface area contributed by atoms with Gasteiger partial charge in [-0.15, -0.1) is 0 Å². The molecule has 1 rings (SSSR count). The van der Waals surface area contributed by atoms with Crippen LogP contribution >= 0.6 is 0 Å². The molecule has 0 spiro atoms. The van der Waals surface area contributed by atoms with Crippen molar-refractivity contribution in [2.24, 2.45) is 5.92 Å². The Labute approximate surface area is 101 Å². The molecule has 0 aliphatic carbocycles. The number of rotatable bonds is 4. The molecular weight excluding hydrogens is 218 g/mol. The smallest absolute Gasteiger partial charge is 0.317 e. The van der Waals surface area contributed by atoms with Gasteiger partial charge in [-0.3, -0.25) is 9.59 Å². The van der Waals surface area contributed by atoms with Gasteiger partial charge in [-0.25, -0.2) is 0 Å². The number of hydrogen-bond acceptors (Lipinski definition) is 3. The second-order valence-corrected chi connectivity index (χ2v) is 3.66. The van der Waals surface area contributed by atoms with Gasteiger partial charge in [-0.05, 0) is 26.0 Å². The monoisotopic (exact) mass is 235 g/mol. The fraction of sp³-hybridized carbons (Fsp3) is 0.385. The zero-order chi connectivity index (χ0) is 12.8. The second kappa shape index (κ2) is 6.03. The molecule has 0 saturated carbocycles. The van der Waals surface area contributed by atoms with E-state index in [0.717, 1.165) is 5.69 Å². The lowest BCUT2D eigenvalue weighted by Crippen LogP contribution is -2.38. The summed E-state index contributed by atoms with van der Waals surface area (Å²) in [6, 6.07) is 9.27. The Morgan fingerprint density at radius 2 is 1.88 bits per heavy atom. The minimum absolute atomic E-state index is 0.245. The molecule has 0 heterocycles. The Morgan fingerprint density at radius 3 is 2.35 bits per heavy atom.